The van der Waals surface area contributed by atoms with Gasteiger partial charge in [-0.1, -0.05) is 0 Å². The van der Waals surface area contributed by atoms with Gasteiger partial charge in [0.1, 0.15) is 0 Å². The molecule has 0 fully saturated rings. The van der Waals surface area contributed by atoms with E-state index in [1.807, 2.05) is 14.1 Å². The first-order chi connectivity index (χ1) is 8.59. The van der Waals surface area contributed by atoms with Gasteiger partial charge >= 0.3 is 0 Å². The van der Waals surface area contributed by atoms with E-state index in [-0.39, 0.29) is 23.0 Å². The van der Waals surface area contributed by atoms with Gasteiger partial charge in [-0.05, 0) is 27.1 Å². The van der Waals surface area contributed by atoms with Crippen molar-refractivity contribution in [1.29, 1.82) is 0 Å². The highest BCUT2D eigenvalue weighted by molar-refractivity contribution is 6.22. The van der Waals surface area contributed by atoms with Crippen molar-refractivity contribution in [2.75, 3.05) is 27.2 Å². The zero-order chi connectivity index (χ0) is 13.1. The molecule has 1 aromatic heterocycles. The minimum Gasteiger partial charge on any atom is -0.439 e. The predicted molar refractivity (Wildman–Crippen MR) is 64.4 cm³/mol. The Labute approximate surface area is 105 Å². The fourth-order valence-corrected chi connectivity index (χ4v) is 1.72. The number of hydrogen-bond acceptors (Lipinski definition) is 6. The highest BCUT2D eigenvalue weighted by Gasteiger charge is 2.29. The molecule has 0 radical (unpaired) electrons. The predicted octanol–water partition coefficient (Wildman–Crippen LogP) is 0.479. The van der Waals surface area contributed by atoms with E-state index in [0.717, 1.165) is 19.4 Å². The van der Waals surface area contributed by atoms with Crippen LogP contribution in [0.3, 0.4) is 0 Å². The largest absolute Gasteiger partial charge is 0.439 e. The lowest BCUT2D eigenvalue weighted by Gasteiger charge is -2.13. The summed E-state index contributed by atoms with van der Waals surface area (Å²) in [5.74, 6) is -0.584. The van der Waals surface area contributed by atoms with E-state index < -0.39 is 0 Å². The van der Waals surface area contributed by atoms with E-state index in [2.05, 4.69) is 15.2 Å². The molecule has 0 saturated heterocycles. The molecule has 0 spiro atoms. The Morgan fingerprint density at radius 2 is 2.17 bits per heavy atom. The van der Waals surface area contributed by atoms with Crippen LogP contribution in [0, 0.1) is 0 Å². The van der Waals surface area contributed by atoms with Gasteiger partial charge in [0, 0.05) is 12.6 Å². The number of allylic oxidation sites excluding steroid dienone is 2. The molecule has 0 saturated carbocycles. The molecular formula is C12H15N3O3. The van der Waals surface area contributed by atoms with Crippen LogP contribution < -0.4 is 5.32 Å². The molecule has 2 rings (SSSR count). The molecule has 96 valence electrons. The zero-order valence-electron chi connectivity index (χ0n) is 10.4. The third kappa shape index (κ3) is 2.48. The van der Waals surface area contributed by atoms with E-state index in [1.54, 1.807) is 0 Å². The quantitative estimate of drug-likeness (QED) is 0.765. The van der Waals surface area contributed by atoms with Crippen molar-refractivity contribution in [3.63, 3.8) is 0 Å². The number of hydrogen-bond donors (Lipinski definition) is 1. The minimum absolute atomic E-state index is 0.0267. The van der Waals surface area contributed by atoms with Crippen LogP contribution in [0.5, 0.6) is 0 Å². The molecule has 0 bridgehead atoms. The average molecular weight is 249 g/mol. The first-order valence-electron chi connectivity index (χ1n) is 5.72. The lowest BCUT2D eigenvalue weighted by Crippen LogP contribution is -2.28. The monoisotopic (exact) mass is 249 g/mol. The lowest BCUT2D eigenvalue weighted by molar-refractivity contribution is 0.0960. The smallest absolute Gasteiger partial charge is 0.231 e. The third-order valence-corrected chi connectivity index (χ3v) is 2.62. The number of ketones is 2. The number of fused-ring (bicyclic) bond motifs is 1. The number of aromatic nitrogens is 1. The fourth-order valence-electron chi connectivity index (χ4n) is 1.72. The number of nitrogens with one attached hydrogen (secondary N) is 1. The maximum atomic E-state index is 11.9. The molecule has 0 amide bonds. The van der Waals surface area contributed by atoms with E-state index >= 15 is 0 Å². The summed E-state index contributed by atoms with van der Waals surface area (Å²) in [4.78, 5) is 29.4. The number of rotatable bonds is 5. The summed E-state index contributed by atoms with van der Waals surface area (Å²) in [7, 11) is 3.96. The molecule has 1 aliphatic carbocycles. The zero-order valence-corrected chi connectivity index (χ0v) is 10.4. The second-order valence-corrected chi connectivity index (χ2v) is 4.37. The summed E-state index contributed by atoms with van der Waals surface area (Å²) in [6.45, 7) is 1.55. The van der Waals surface area contributed by atoms with Gasteiger partial charge in [0.05, 0.1) is 5.70 Å². The van der Waals surface area contributed by atoms with Crippen molar-refractivity contribution in [1.82, 2.24) is 15.2 Å². The molecule has 1 aromatic rings. The van der Waals surface area contributed by atoms with Crippen molar-refractivity contribution in [3.8, 4) is 0 Å². The first-order valence-corrected chi connectivity index (χ1v) is 5.72. The highest BCUT2D eigenvalue weighted by atomic mass is 16.3. The Kier molecular flexibility index (Phi) is 3.57. The van der Waals surface area contributed by atoms with E-state index in [1.165, 1.54) is 6.08 Å². The standard InChI is InChI=1S/C12H15N3O3/c1-15(2)5-3-4-13-8-6-9(16)12-10(11(8)17)14-7-18-12/h6-7,13H,3-5H2,1-2H3. The summed E-state index contributed by atoms with van der Waals surface area (Å²) < 4.78 is 4.88. The Hall–Kier alpha value is -1.95. The van der Waals surface area contributed by atoms with Crippen molar-refractivity contribution < 1.29 is 14.0 Å². The molecule has 18 heavy (non-hydrogen) atoms. The maximum absolute atomic E-state index is 11.9. The lowest BCUT2D eigenvalue weighted by atomic mass is 10.0. The Bertz CT molecular complexity index is 502. The van der Waals surface area contributed by atoms with Crippen LogP contribution in [0.15, 0.2) is 22.6 Å². The van der Waals surface area contributed by atoms with E-state index in [4.69, 9.17) is 4.42 Å². The summed E-state index contributed by atoms with van der Waals surface area (Å²) in [6, 6.07) is 0. The number of Topliss-reactive ketones (excluding diaryl/α,β-unsaturated/α-hetero) is 1. The Morgan fingerprint density at radius 1 is 1.39 bits per heavy atom. The number of oxazole rings is 1. The normalized spacial score (nSPS) is 14.7. The highest BCUT2D eigenvalue weighted by Crippen LogP contribution is 2.18. The van der Waals surface area contributed by atoms with E-state index in [9.17, 15) is 9.59 Å². The molecule has 0 aromatic carbocycles. The number of nitrogens with zero attached hydrogens (tertiary/aromatic N) is 2. The SMILES string of the molecule is CN(C)CCCNC1=CC(=O)c2ocnc2C1=O. The summed E-state index contributed by atoms with van der Waals surface area (Å²) >= 11 is 0. The molecule has 1 N–H and O–H groups in total. The molecule has 1 heterocycles. The second kappa shape index (κ2) is 5.14. The summed E-state index contributed by atoms with van der Waals surface area (Å²) in [6.07, 6.45) is 3.27. The van der Waals surface area contributed by atoms with Gasteiger partial charge in [0.25, 0.3) is 0 Å². The van der Waals surface area contributed by atoms with Gasteiger partial charge in [-0.2, -0.15) is 0 Å². The summed E-state index contributed by atoms with van der Waals surface area (Å²) in [5.41, 5.74) is 0.387. The van der Waals surface area contributed by atoms with Crippen LogP contribution in [0.2, 0.25) is 0 Å². The maximum Gasteiger partial charge on any atom is 0.231 e. The Morgan fingerprint density at radius 3 is 2.89 bits per heavy atom. The summed E-state index contributed by atoms with van der Waals surface area (Å²) in [5, 5.41) is 2.97. The number of carbonyl (C=O) groups is 2. The van der Waals surface area contributed by atoms with Gasteiger partial charge in [-0.3, -0.25) is 9.59 Å². The van der Waals surface area contributed by atoms with Crippen molar-refractivity contribution in [3.05, 3.63) is 29.6 Å². The van der Waals surface area contributed by atoms with Crippen LogP contribution in [-0.2, 0) is 0 Å². The molecule has 0 aliphatic heterocycles. The van der Waals surface area contributed by atoms with Crippen molar-refractivity contribution >= 4 is 11.6 Å². The van der Waals surface area contributed by atoms with Crippen LogP contribution in [-0.4, -0.2) is 48.6 Å². The number of carbonyl (C=O) groups excluding carboxylic acids is 2. The topological polar surface area (TPSA) is 75.4 Å². The molecule has 6 heteroatoms. The second-order valence-electron chi connectivity index (χ2n) is 4.37. The minimum atomic E-state index is -0.322. The van der Waals surface area contributed by atoms with Gasteiger partial charge < -0.3 is 14.6 Å². The van der Waals surface area contributed by atoms with Crippen LogP contribution in [0.4, 0.5) is 0 Å². The van der Waals surface area contributed by atoms with Crippen LogP contribution >= 0.6 is 0 Å². The van der Waals surface area contributed by atoms with E-state index in [0.29, 0.717) is 12.2 Å². The van der Waals surface area contributed by atoms with Gasteiger partial charge in [-0.15, -0.1) is 0 Å². The van der Waals surface area contributed by atoms with Crippen molar-refractivity contribution in [2.24, 2.45) is 0 Å². The molecular weight excluding hydrogens is 234 g/mol. The van der Waals surface area contributed by atoms with Crippen molar-refractivity contribution in [2.45, 2.75) is 6.42 Å². The third-order valence-electron chi connectivity index (χ3n) is 2.62. The van der Waals surface area contributed by atoms with Gasteiger partial charge in [0.15, 0.2) is 12.1 Å². The molecule has 0 unspecified atom stereocenters. The first kappa shape index (κ1) is 12.5. The van der Waals surface area contributed by atoms with Gasteiger partial charge in [0.2, 0.25) is 17.3 Å². The molecule has 0 atom stereocenters. The molecule has 1 aliphatic rings. The average Bonchev–Trinajstić information content (AvgIpc) is 2.80. The van der Waals surface area contributed by atoms with Crippen LogP contribution in [0.25, 0.3) is 0 Å². The van der Waals surface area contributed by atoms with Crippen LogP contribution in [0.1, 0.15) is 27.5 Å². The van der Waals surface area contributed by atoms with Gasteiger partial charge in [-0.25, -0.2) is 4.98 Å². The Balaban J connectivity index is 1.98. The fraction of sp³-hybridized carbons (Fsp3) is 0.417. The molecule has 6 nitrogen and oxygen atoms in total.